The molecule has 1 N–H and O–H groups in total. The van der Waals surface area contributed by atoms with E-state index in [0.29, 0.717) is 6.54 Å². The first-order chi connectivity index (χ1) is 11.0. The minimum atomic E-state index is -0.935. The number of aliphatic imine (C=N–C) groups is 1. The molecule has 0 aromatic heterocycles. The zero-order valence-corrected chi connectivity index (χ0v) is 14.4. The summed E-state index contributed by atoms with van der Waals surface area (Å²) in [6.07, 6.45) is 2.41. The van der Waals surface area contributed by atoms with Gasteiger partial charge in [0, 0.05) is 11.8 Å². The first kappa shape index (κ1) is 18.9. The maximum Gasteiger partial charge on any atom is 0.328 e. The number of quaternary nitrogens is 1. The molecule has 5 heteroatoms. The van der Waals surface area contributed by atoms with Crippen LogP contribution in [0.2, 0.25) is 0 Å². The Hall–Kier alpha value is -2.19. The third kappa shape index (κ3) is 5.84. The molecule has 2 atom stereocenters. The van der Waals surface area contributed by atoms with Crippen LogP contribution in [0.4, 0.5) is 0 Å². The molecular weight excluding hydrogens is 290 g/mol. The zero-order chi connectivity index (χ0) is 17.2. The highest BCUT2D eigenvalue weighted by atomic mass is 16.5. The number of benzene rings is 1. The number of nitrogens with zero attached hydrogens (tertiary/aromatic N) is 2. The molecular formula is C18H26N3O2+. The summed E-state index contributed by atoms with van der Waals surface area (Å²) in [4.78, 5) is 17.1. The standard InChI is InChI=1S/C18H25N3O2/c1-5-14-7-9-15(10-8-14)17(21(3)4)13-20-12-16(11-19)18(22)23-6-2/h7-10,12,16-17H,5-6,13H2,1-4H3/p+1/t16?,17-/m1/s1. The number of rotatable bonds is 8. The van der Waals surface area contributed by atoms with E-state index in [1.165, 1.54) is 22.2 Å². The van der Waals surface area contributed by atoms with E-state index in [0.717, 1.165) is 6.42 Å². The average molecular weight is 316 g/mol. The van der Waals surface area contributed by atoms with Gasteiger partial charge in [0.05, 0.1) is 33.3 Å². The van der Waals surface area contributed by atoms with E-state index in [2.05, 4.69) is 50.3 Å². The lowest BCUT2D eigenvalue weighted by Crippen LogP contribution is -3.06. The van der Waals surface area contributed by atoms with Gasteiger partial charge in [-0.3, -0.25) is 9.79 Å². The third-order valence-corrected chi connectivity index (χ3v) is 3.71. The van der Waals surface area contributed by atoms with Gasteiger partial charge in [0.25, 0.3) is 0 Å². The largest absolute Gasteiger partial charge is 0.465 e. The Morgan fingerprint density at radius 1 is 1.35 bits per heavy atom. The fourth-order valence-corrected chi connectivity index (χ4v) is 2.26. The number of carbonyl (C=O) groups is 1. The highest BCUT2D eigenvalue weighted by molar-refractivity contribution is 5.92. The van der Waals surface area contributed by atoms with Gasteiger partial charge in [0.15, 0.2) is 5.92 Å². The van der Waals surface area contributed by atoms with Crippen molar-refractivity contribution in [2.75, 3.05) is 27.2 Å². The lowest BCUT2D eigenvalue weighted by atomic mass is 10.0. The van der Waals surface area contributed by atoms with Crippen LogP contribution in [0.25, 0.3) is 0 Å². The molecule has 0 heterocycles. The summed E-state index contributed by atoms with van der Waals surface area (Å²) >= 11 is 0. The van der Waals surface area contributed by atoms with E-state index in [9.17, 15) is 4.79 Å². The molecule has 0 aliphatic carbocycles. The van der Waals surface area contributed by atoms with Crippen LogP contribution in [0.1, 0.15) is 31.0 Å². The maximum atomic E-state index is 11.6. The van der Waals surface area contributed by atoms with Gasteiger partial charge in [0.2, 0.25) is 0 Å². The van der Waals surface area contributed by atoms with Crippen molar-refractivity contribution in [1.82, 2.24) is 0 Å². The fourth-order valence-electron chi connectivity index (χ4n) is 2.26. The van der Waals surface area contributed by atoms with E-state index < -0.39 is 11.9 Å². The molecule has 0 spiro atoms. The van der Waals surface area contributed by atoms with Gasteiger partial charge in [-0.25, -0.2) is 0 Å². The van der Waals surface area contributed by atoms with E-state index in [4.69, 9.17) is 10.00 Å². The minimum absolute atomic E-state index is 0.179. The molecule has 1 aromatic rings. The number of esters is 1. The first-order valence-corrected chi connectivity index (χ1v) is 7.98. The van der Waals surface area contributed by atoms with E-state index in [-0.39, 0.29) is 12.6 Å². The summed E-state index contributed by atoms with van der Waals surface area (Å²) < 4.78 is 4.85. The smallest absolute Gasteiger partial charge is 0.328 e. The number of nitriles is 1. The predicted molar refractivity (Wildman–Crippen MR) is 90.5 cm³/mol. The van der Waals surface area contributed by atoms with Crippen LogP contribution in [0.3, 0.4) is 0 Å². The predicted octanol–water partition coefficient (Wildman–Crippen LogP) is 1.21. The van der Waals surface area contributed by atoms with Crippen LogP contribution in [0.15, 0.2) is 29.3 Å². The Morgan fingerprint density at radius 3 is 2.48 bits per heavy atom. The maximum absolute atomic E-state index is 11.6. The number of nitrogens with one attached hydrogen (secondary N) is 1. The van der Waals surface area contributed by atoms with Crippen molar-refractivity contribution in [3.63, 3.8) is 0 Å². The second kappa shape index (κ2) is 9.75. The van der Waals surface area contributed by atoms with Crippen LogP contribution in [0, 0.1) is 17.2 Å². The summed E-state index contributed by atoms with van der Waals surface area (Å²) in [7, 11) is 4.14. The third-order valence-electron chi connectivity index (χ3n) is 3.71. The highest BCUT2D eigenvalue weighted by Gasteiger charge is 2.19. The van der Waals surface area contributed by atoms with Crippen molar-refractivity contribution in [2.45, 2.75) is 26.3 Å². The quantitative estimate of drug-likeness (QED) is 0.579. The summed E-state index contributed by atoms with van der Waals surface area (Å²) in [5.41, 5.74) is 2.50. The monoisotopic (exact) mass is 316 g/mol. The Morgan fingerprint density at radius 2 is 2.00 bits per heavy atom. The molecule has 0 aliphatic heterocycles. The molecule has 1 aromatic carbocycles. The molecule has 0 amide bonds. The second-order valence-corrected chi connectivity index (χ2v) is 5.60. The van der Waals surface area contributed by atoms with Crippen molar-refractivity contribution < 1.29 is 14.4 Å². The van der Waals surface area contributed by atoms with Gasteiger partial charge in [-0.05, 0) is 18.9 Å². The number of carbonyl (C=O) groups excluding carboxylic acids is 1. The molecule has 1 rings (SSSR count). The summed E-state index contributed by atoms with van der Waals surface area (Å²) in [5, 5.41) is 9.02. The van der Waals surface area contributed by atoms with Crippen LogP contribution in [-0.2, 0) is 16.0 Å². The zero-order valence-electron chi connectivity index (χ0n) is 14.4. The lowest BCUT2D eigenvalue weighted by molar-refractivity contribution is -0.890. The highest BCUT2D eigenvalue weighted by Crippen LogP contribution is 2.12. The van der Waals surface area contributed by atoms with Crippen LogP contribution < -0.4 is 4.90 Å². The Balaban J connectivity index is 2.78. The summed E-state index contributed by atoms with van der Waals surface area (Å²) in [6, 6.07) is 10.6. The minimum Gasteiger partial charge on any atom is -0.465 e. The van der Waals surface area contributed by atoms with Gasteiger partial charge >= 0.3 is 5.97 Å². The normalized spacial score (nSPS) is 13.7. The van der Waals surface area contributed by atoms with Crippen molar-refractivity contribution in [2.24, 2.45) is 10.9 Å². The summed E-state index contributed by atoms with van der Waals surface area (Å²) in [5.74, 6) is -1.48. The molecule has 0 fully saturated rings. The van der Waals surface area contributed by atoms with E-state index in [1.807, 2.05) is 6.07 Å². The SMILES string of the molecule is CCOC(=O)C(C#N)C=NC[C@H](c1ccc(CC)cc1)[NH+](C)C. The van der Waals surface area contributed by atoms with Crippen LogP contribution in [-0.4, -0.2) is 39.4 Å². The second-order valence-electron chi connectivity index (χ2n) is 5.60. The number of hydrogen-bond acceptors (Lipinski definition) is 4. The average Bonchev–Trinajstić information content (AvgIpc) is 2.55. The molecule has 0 radical (unpaired) electrons. The van der Waals surface area contributed by atoms with Crippen molar-refractivity contribution in [3.8, 4) is 6.07 Å². The first-order valence-electron chi connectivity index (χ1n) is 7.98. The Kier molecular flexibility index (Phi) is 8.00. The van der Waals surface area contributed by atoms with Gasteiger partial charge < -0.3 is 9.64 Å². The van der Waals surface area contributed by atoms with Gasteiger partial charge in [-0.15, -0.1) is 0 Å². The number of hydrogen-bond donors (Lipinski definition) is 1. The molecule has 5 nitrogen and oxygen atoms in total. The fraction of sp³-hybridized carbons (Fsp3) is 0.500. The molecule has 0 saturated carbocycles. The molecule has 23 heavy (non-hydrogen) atoms. The van der Waals surface area contributed by atoms with Crippen molar-refractivity contribution >= 4 is 12.2 Å². The van der Waals surface area contributed by atoms with E-state index in [1.54, 1.807) is 6.92 Å². The van der Waals surface area contributed by atoms with Crippen molar-refractivity contribution in [3.05, 3.63) is 35.4 Å². The molecule has 0 aliphatic rings. The Labute approximate surface area is 138 Å². The number of ether oxygens (including phenoxy) is 1. The molecule has 124 valence electrons. The molecule has 0 bridgehead atoms. The summed E-state index contributed by atoms with van der Waals surface area (Å²) in [6.45, 7) is 4.63. The van der Waals surface area contributed by atoms with Crippen LogP contribution in [0.5, 0.6) is 0 Å². The van der Waals surface area contributed by atoms with Gasteiger partial charge in [0.1, 0.15) is 6.04 Å². The lowest BCUT2D eigenvalue weighted by Gasteiger charge is -2.20. The number of aryl methyl sites for hydroxylation is 1. The Bertz CT molecular complexity index is 559. The van der Waals surface area contributed by atoms with Crippen LogP contribution >= 0.6 is 0 Å². The van der Waals surface area contributed by atoms with Gasteiger partial charge in [-0.1, -0.05) is 31.2 Å². The molecule has 1 unspecified atom stereocenters. The van der Waals surface area contributed by atoms with E-state index >= 15 is 0 Å². The number of likely N-dealkylation sites (N-methyl/N-ethyl adjacent to an activating group) is 1. The molecule has 0 saturated heterocycles. The van der Waals surface area contributed by atoms with Gasteiger partial charge in [-0.2, -0.15) is 5.26 Å². The topological polar surface area (TPSA) is 66.9 Å². The van der Waals surface area contributed by atoms with Crippen molar-refractivity contribution in [1.29, 1.82) is 5.26 Å².